The number of carbonyl (C=O) groups excluding carboxylic acids is 2. The Labute approximate surface area is 205 Å². The monoisotopic (exact) mass is 492 g/mol. The zero-order chi connectivity index (χ0) is 25.7. The molecule has 0 saturated heterocycles. The molecule has 0 radical (unpaired) electrons. The largest absolute Gasteiger partial charge is 0.454 e. The molecule has 0 unspecified atom stereocenters. The Kier molecular flexibility index (Phi) is 7.28. The number of pyridine rings is 1. The Hall–Kier alpha value is -4.67. The molecule has 36 heavy (non-hydrogen) atoms. The first-order valence-electron chi connectivity index (χ1n) is 11.1. The van der Waals surface area contributed by atoms with Crippen LogP contribution < -0.4 is 15.4 Å². The second-order valence-electron chi connectivity index (χ2n) is 7.75. The van der Waals surface area contributed by atoms with E-state index in [-0.39, 0.29) is 34.5 Å². The molecule has 0 aliphatic rings. The minimum Gasteiger partial charge on any atom is -0.454 e. The van der Waals surface area contributed by atoms with Crippen LogP contribution in [0, 0.1) is 18.6 Å². The number of carbonyl (C=O) groups is 2. The third kappa shape index (κ3) is 5.52. The lowest BCUT2D eigenvalue weighted by Crippen LogP contribution is -2.24. The summed E-state index contributed by atoms with van der Waals surface area (Å²) in [7, 11) is 0. The number of nitrogens with one attached hydrogen (secondary N) is 2. The average molecular weight is 492 g/mol. The van der Waals surface area contributed by atoms with Gasteiger partial charge in [-0.25, -0.2) is 13.5 Å². The van der Waals surface area contributed by atoms with Crippen LogP contribution in [0.3, 0.4) is 0 Å². The fraction of sp³-hybridized carbons (Fsp3) is 0.160. The van der Waals surface area contributed by atoms with Crippen molar-refractivity contribution >= 4 is 17.5 Å². The molecule has 4 aromatic rings. The highest BCUT2D eigenvalue weighted by molar-refractivity contribution is 6.03. The zero-order valence-corrected chi connectivity index (χ0v) is 19.5. The van der Waals surface area contributed by atoms with Crippen LogP contribution >= 0.6 is 0 Å². The molecule has 2 aromatic heterocycles. The second kappa shape index (κ2) is 10.7. The summed E-state index contributed by atoms with van der Waals surface area (Å²) in [4.78, 5) is 28.8. The molecule has 0 saturated carbocycles. The van der Waals surface area contributed by atoms with E-state index in [1.54, 1.807) is 6.92 Å². The number of hydrogen-bond acceptors (Lipinski definition) is 6. The summed E-state index contributed by atoms with van der Waals surface area (Å²) in [6.45, 7) is 4.08. The Morgan fingerprint density at radius 3 is 2.53 bits per heavy atom. The van der Waals surface area contributed by atoms with E-state index in [1.165, 1.54) is 59.4 Å². The van der Waals surface area contributed by atoms with E-state index in [9.17, 15) is 18.4 Å². The molecular formula is C25H22F2N6O3. The molecule has 0 aliphatic heterocycles. The Balaban J connectivity index is 1.45. The van der Waals surface area contributed by atoms with E-state index >= 15 is 0 Å². The van der Waals surface area contributed by atoms with Crippen molar-refractivity contribution in [3.05, 3.63) is 89.5 Å². The highest BCUT2D eigenvalue weighted by Crippen LogP contribution is 2.27. The fourth-order valence-corrected chi connectivity index (χ4v) is 3.27. The lowest BCUT2D eigenvalue weighted by molar-refractivity contribution is 0.0947. The van der Waals surface area contributed by atoms with Crippen LogP contribution in [0.5, 0.6) is 11.5 Å². The number of benzene rings is 2. The van der Waals surface area contributed by atoms with Crippen LogP contribution in [0.2, 0.25) is 0 Å². The lowest BCUT2D eigenvalue weighted by atomic mass is 10.2. The molecule has 2 heterocycles. The van der Waals surface area contributed by atoms with Gasteiger partial charge in [-0.1, -0.05) is 12.1 Å². The molecule has 11 heteroatoms. The minimum atomic E-state index is -0.728. The van der Waals surface area contributed by atoms with Crippen LogP contribution in [0.15, 0.2) is 60.8 Å². The maximum absolute atomic E-state index is 14.7. The Morgan fingerprint density at radius 1 is 1.03 bits per heavy atom. The van der Waals surface area contributed by atoms with E-state index in [2.05, 4.69) is 25.9 Å². The van der Waals surface area contributed by atoms with Crippen LogP contribution in [0.25, 0.3) is 5.69 Å². The van der Waals surface area contributed by atoms with E-state index in [4.69, 9.17) is 4.74 Å². The Morgan fingerprint density at radius 2 is 1.81 bits per heavy atom. The average Bonchev–Trinajstić information content (AvgIpc) is 3.26. The van der Waals surface area contributed by atoms with Gasteiger partial charge < -0.3 is 15.4 Å². The van der Waals surface area contributed by atoms with Crippen molar-refractivity contribution < 1.29 is 23.1 Å². The first kappa shape index (κ1) is 24.5. The molecule has 184 valence electrons. The predicted octanol–water partition coefficient (Wildman–Crippen LogP) is 4.43. The van der Waals surface area contributed by atoms with Crippen LogP contribution in [-0.4, -0.2) is 38.3 Å². The van der Waals surface area contributed by atoms with Crippen LogP contribution in [-0.2, 0) is 0 Å². The van der Waals surface area contributed by atoms with Gasteiger partial charge in [0.15, 0.2) is 17.3 Å². The van der Waals surface area contributed by atoms with Gasteiger partial charge >= 0.3 is 0 Å². The van der Waals surface area contributed by atoms with E-state index < -0.39 is 17.5 Å². The summed E-state index contributed by atoms with van der Waals surface area (Å²) < 4.78 is 34.9. The third-order valence-electron chi connectivity index (χ3n) is 5.10. The minimum absolute atomic E-state index is 0.0331. The van der Waals surface area contributed by atoms with E-state index in [1.807, 2.05) is 6.92 Å². The standard InChI is InChI=1S/C25H22F2N6O3/c1-3-11-29-24(34)21-14-19(10-12-28-21)36-22-9-6-17(13-20(22)27)30-25(35)23-15(2)33(32-31-23)18-7-4-16(26)5-8-18/h4-10,12-14H,3,11H2,1-2H3,(H,29,34)(H,30,35). The summed E-state index contributed by atoms with van der Waals surface area (Å²) in [5.74, 6) is -1.94. The van der Waals surface area contributed by atoms with Crippen molar-refractivity contribution in [2.24, 2.45) is 0 Å². The van der Waals surface area contributed by atoms with Gasteiger partial charge in [-0.15, -0.1) is 5.10 Å². The summed E-state index contributed by atoms with van der Waals surface area (Å²) in [5.41, 5.74) is 1.32. The molecule has 4 rings (SSSR count). The maximum atomic E-state index is 14.7. The summed E-state index contributed by atoms with van der Waals surface area (Å²) in [5, 5.41) is 13.1. The van der Waals surface area contributed by atoms with E-state index in [0.717, 1.165) is 12.5 Å². The normalized spacial score (nSPS) is 10.7. The highest BCUT2D eigenvalue weighted by Gasteiger charge is 2.18. The Bertz CT molecular complexity index is 1410. The van der Waals surface area contributed by atoms with Crippen molar-refractivity contribution in [2.45, 2.75) is 20.3 Å². The molecule has 2 aromatic carbocycles. The zero-order valence-electron chi connectivity index (χ0n) is 19.5. The van der Waals surface area contributed by atoms with Crippen LogP contribution in [0.4, 0.5) is 14.5 Å². The maximum Gasteiger partial charge on any atom is 0.278 e. The van der Waals surface area contributed by atoms with Gasteiger partial charge in [-0.05, 0) is 55.8 Å². The number of anilines is 1. The lowest BCUT2D eigenvalue weighted by Gasteiger charge is -2.10. The molecule has 0 spiro atoms. The number of ether oxygens (including phenoxy) is 1. The van der Waals surface area contributed by atoms with E-state index in [0.29, 0.717) is 17.9 Å². The predicted molar refractivity (Wildman–Crippen MR) is 127 cm³/mol. The summed E-state index contributed by atoms with van der Waals surface area (Å²) >= 11 is 0. The van der Waals surface area contributed by atoms with Crippen molar-refractivity contribution in [3.63, 3.8) is 0 Å². The first-order chi connectivity index (χ1) is 17.4. The van der Waals surface area contributed by atoms with Gasteiger partial charge in [0, 0.05) is 30.6 Å². The molecule has 9 nitrogen and oxygen atoms in total. The number of amides is 2. The number of aromatic nitrogens is 4. The molecule has 0 fully saturated rings. The molecule has 0 atom stereocenters. The van der Waals surface area contributed by atoms with Gasteiger partial charge in [-0.2, -0.15) is 0 Å². The number of nitrogens with zero attached hydrogens (tertiary/aromatic N) is 4. The third-order valence-corrected chi connectivity index (χ3v) is 5.10. The van der Waals surface area contributed by atoms with Gasteiger partial charge in [0.2, 0.25) is 0 Å². The SMILES string of the molecule is CCCNC(=O)c1cc(Oc2ccc(NC(=O)c3nnn(-c4ccc(F)cc4)c3C)cc2F)ccn1. The quantitative estimate of drug-likeness (QED) is 0.376. The molecular weight excluding hydrogens is 470 g/mol. The molecule has 0 bridgehead atoms. The van der Waals surface area contributed by atoms with Gasteiger partial charge in [0.05, 0.1) is 11.4 Å². The summed E-state index contributed by atoms with van der Waals surface area (Å²) in [6.07, 6.45) is 2.17. The number of halogens is 2. The molecule has 2 N–H and O–H groups in total. The highest BCUT2D eigenvalue weighted by atomic mass is 19.1. The van der Waals surface area contributed by atoms with Crippen molar-refractivity contribution in [3.8, 4) is 17.2 Å². The molecule has 0 aliphatic carbocycles. The van der Waals surface area contributed by atoms with Gasteiger partial charge in [0.25, 0.3) is 11.8 Å². The topological polar surface area (TPSA) is 111 Å². The van der Waals surface area contributed by atoms with Crippen molar-refractivity contribution in [2.75, 3.05) is 11.9 Å². The summed E-state index contributed by atoms with van der Waals surface area (Å²) in [6, 6.07) is 12.4. The van der Waals surface area contributed by atoms with Crippen molar-refractivity contribution in [1.29, 1.82) is 0 Å². The number of rotatable bonds is 8. The smallest absolute Gasteiger partial charge is 0.278 e. The van der Waals surface area contributed by atoms with Crippen LogP contribution in [0.1, 0.15) is 40.0 Å². The first-order valence-corrected chi connectivity index (χ1v) is 11.1. The second-order valence-corrected chi connectivity index (χ2v) is 7.75. The number of hydrogen-bond donors (Lipinski definition) is 2. The van der Waals surface area contributed by atoms with Gasteiger partial charge in [-0.3, -0.25) is 14.6 Å². The van der Waals surface area contributed by atoms with Gasteiger partial charge in [0.1, 0.15) is 17.3 Å². The van der Waals surface area contributed by atoms with Crippen molar-refractivity contribution in [1.82, 2.24) is 25.3 Å². The fourth-order valence-electron chi connectivity index (χ4n) is 3.27. The molecule has 2 amide bonds.